The molecule has 0 amide bonds. The van der Waals surface area contributed by atoms with Gasteiger partial charge in [-0.2, -0.15) is 5.26 Å². The highest BCUT2D eigenvalue weighted by Gasteiger charge is 2.18. The number of ether oxygens (including phenoxy) is 3. The van der Waals surface area contributed by atoms with Crippen LogP contribution in [0.2, 0.25) is 0 Å². The van der Waals surface area contributed by atoms with Gasteiger partial charge in [0.1, 0.15) is 17.4 Å². The third-order valence-corrected chi connectivity index (χ3v) is 3.56. The number of hydrogen-bond donors (Lipinski definition) is 0. The summed E-state index contributed by atoms with van der Waals surface area (Å²) in [7, 11) is 0. The first-order chi connectivity index (χ1) is 12.1. The van der Waals surface area contributed by atoms with Crippen molar-refractivity contribution in [1.82, 2.24) is 0 Å². The first kappa shape index (κ1) is 16.6. The van der Waals surface area contributed by atoms with Gasteiger partial charge < -0.3 is 14.2 Å². The zero-order chi connectivity index (χ0) is 17.8. The van der Waals surface area contributed by atoms with E-state index >= 15 is 0 Å². The molecule has 0 spiro atoms. The van der Waals surface area contributed by atoms with E-state index in [4.69, 9.17) is 14.2 Å². The normalized spacial score (nSPS) is 12.8. The quantitative estimate of drug-likeness (QED) is 0.469. The Kier molecular flexibility index (Phi) is 4.71. The number of fused-ring (bicyclic) bond motifs is 1. The molecule has 2 aromatic rings. The van der Waals surface area contributed by atoms with Crippen molar-refractivity contribution >= 4 is 11.9 Å². The van der Waals surface area contributed by atoms with Gasteiger partial charge in [0.05, 0.1) is 6.10 Å². The third kappa shape index (κ3) is 3.81. The van der Waals surface area contributed by atoms with E-state index in [1.54, 1.807) is 24.3 Å². The average Bonchev–Trinajstić information content (AvgIpc) is 3.07. The topological polar surface area (TPSA) is 68.5 Å². The summed E-state index contributed by atoms with van der Waals surface area (Å²) >= 11 is 0. The van der Waals surface area contributed by atoms with Gasteiger partial charge in [0.2, 0.25) is 12.6 Å². The van der Waals surface area contributed by atoms with E-state index in [9.17, 15) is 10.1 Å². The highest BCUT2D eigenvalue weighted by Crippen LogP contribution is 2.33. The molecule has 25 heavy (non-hydrogen) atoms. The van der Waals surface area contributed by atoms with Crippen LogP contribution in [0.4, 0.5) is 0 Å². The molecule has 0 saturated heterocycles. The molecule has 126 valence electrons. The maximum absolute atomic E-state index is 12.6. The van der Waals surface area contributed by atoms with Crippen molar-refractivity contribution in [2.45, 2.75) is 20.0 Å². The number of nitriles is 1. The molecule has 0 unspecified atom stereocenters. The molecule has 0 radical (unpaired) electrons. The monoisotopic (exact) mass is 335 g/mol. The Morgan fingerprint density at radius 3 is 2.56 bits per heavy atom. The smallest absolute Gasteiger partial charge is 0.231 e. The Hall–Kier alpha value is -3.26. The van der Waals surface area contributed by atoms with Gasteiger partial charge in [-0.15, -0.1) is 0 Å². The Morgan fingerprint density at radius 2 is 1.88 bits per heavy atom. The number of benzene rings is 2. The summed E-state index contributed by atoms with van der Waals surface area (Å²) in [6, 6.07) is 14.1. The van der Waals surface area contributed by atoms with E-state index in [2.05, 4.69) is 0 Å². The number of carbonyl (C=O) groups is 1. The molecule has 0 fully saturated rings. The second kappa shape index (κ2) is 7.10. The van der Waals surface area contributed by atoms with Crippen LogP contribution in [0, 0.1) is 11.3 Å². The van der Waals surface area contributed by atoms with Crippen molar-refractivity contribution in [2.24, 2.45) is 0 Å². The molecule has 1 aliphatic rings. The lowest BCUT2D eigenvalue weighted by Gasteiger charge is -2.09. The van der Waals surface area contributed by atoms with Gasteiger partial charge in [-0.3, -0.25) is 4.79 Å². The number of rotatable bonds is 5. The van der Waals surface area contributed by atoms with E-state index in [-0.39, 0.29) is 24.3 Å². The number of allylic oxidation sites excluding steroid dienone is 1. The molecule has 2 aromatic carbocycles. The van der Waals surface area contributed by atoms with Crippen LogP contribution < -0.4 is 14.2 Å². The fourth-order valence-electron chi connectivity index (χ4n) is 2.42. The van der Waals surface area contributed by atoms with Crippen LogP contribution in [0.3, 0.4) is 0 Å². The summed E-state index contributed by atoms with van der Waals surface area (Å²) in [5, 5.41) is 9.37. The van der Waals surface area contributed by atoms with Crippen LogP contribution in [-0.4, -0.2) is 18.7 Å². The molecule has 0 aliphatic carbocycles. The first-order valence-electron chi connectivity index (χ1n) is 7.89. The SMILES string of the molecule is CC(C)Oc1ccc(/C=C(/C#N)C(=O)c2ccc3c(c2)OCO3)cc1. The molecule has 0 bridgehead atoms. The predicted octanol–water partition coefficient (Wildman–Crippen LogP) is 3.99. The zero-order valence-electron chi connectivity index (χ0n) is 14.0. The molecule has 0 atom stereocenters. The summed E-state index contributed by atoms with van der Waals surface area (Å²) < 4.78 is 16.1. The summed E-state index contributed by atoms with van der Waals surface area (Å²) in [5.41, 5.74) is 1.19. The lowest BCUT2D eigenvalue weighted by molar-refractivity contribution is 0.103. The number of ketones is 1. The van der Waals surface area contributed by atoms with Crippen molar-refractivity contribution in [3.05, 3.63) is 59.2 Å². The number of carbonyl (C=O) groups excluding carboxylic acids is 1. The fourth-order valence-corrected chi connectivity index (χ4v) is 2.42. The van der Waals surface area contributed by atoms with Crippen molar-refractivity contribution < 1.29 is 19.0 Å². The molecule has 5 nitrogen and oxygen atoms in total. The van der Waals surface area contributed by atoms with Crippen LogP contribution in [-0.2, 0) is 0 Å². The molecule has 0 aromatic heterocycles. The van der Waals surface area contributed by atoms with Crippen LogP contribution in [0.5, 0.6) is 17.2 Å². The highest BCUT2D eigenvalue weighted by atomic mass is 16.7. The lowest BCUT2D eigenvalue weighted by atomic mass is 10.0. The van der Waals surface area contributed by atoms with Gasteiger partial charge in [-0.05, 0) is 55.8 Å². The molecule has 1 aliphatic heterocycles. The van der Waals surface area contributed by atoms with Gasteiger partial charge in [0.15, 0.2) is 11.5 Å². The minimum absolute atomic E-state index is 0.0522. The summed E-state index contributed by atoms with van der Waals surface area (Å²) in [6.45, 7) is 4.04. The van der Waals surface area contributed by atoms with Gasteiger partial charge in [0.25, 0.3) is 0 Å². The van der Waals surface area contributed by atoms with Crippen LogP contribution in [0.1, 0.15) is 29.8 Å². The second-order valence-corrected chi connectivity index (χ2v) is 5.80. The summed E-state index contributed by atoms with van der Waals surface area (Å²) in [4.78, 5) is 12.6. The fraction of sp³-hybridized carbons (Fsp3) is 0.200. The van der Waals surface area contributed by atoms with Crippen LogP contribution >= 0.6 is 0 Å². The minimum Gasteiger partial charge on any atom is -0.491 e. The molecule has 5 heteroatoms. The summed E-state index contributed by atoms with van der Waals surface area (Å²) in [5.74, 6) is 1.49. The molecule has 1 heterocycles. The van der Waals surface area contributed by atoms with Crippen molar-refractivity contribution in [1.29, 1.82) is 5.26 Å². The summed E-state index contributed by atoms with van der Waals surface area (Å²) in [6.07, 6.45) is 1.65. The highest BCUT2D eigenvalue weighted by molar-refractivity contribution is 6.14. The van der Waals surface area contributed by atoms with E-state index in [0.29, 0.717) is 17.1 Å². The van der Waals surface area contributed by atoms with E-state index in [1.165, 1.54) is 0 Å². The maximum atomic E-state index is 12.6. The Balaban J connectivity index is 1.82. The van der Waals surface area contributed by atoms with Crippen LogP contribution in [0.15, 0.2) is 48.0 Å². The first-order valence-corrected chi connectivity index (χ1v) is 7.89. The lowest BCUT2D eigenvalue weighted by Crippen LogP contribution is -2.05. The standard InChI is InChI=1S/C20H17NO4/c1-13(2)25-17-6-3-14(4-7-17)9-16(11-21)20(22)15-5-8-18-19(10-15)24-12-23-18/h3-10,13H,12H2,1-2H3/b16-9-. The van der Waals surface area contributed by atoms with Gasteiger partial charge in [0, 0.05) is 5.56 Å². The van der Waals surface area contributed by atoms with Crippen molar-refractivity contribution in [2.75, 3.05) is 6.79 Å². The molecule has 0 N–H and O–H groups in total. The minimum atomic E-state index is -0.358. The number of Topliss-reactive ketones (excluding diaryl/α,β-unsaturated/α-hetero) is 1. The van der Waals surface area contributed by atoms with Gasteiger partial charge >= 0.3 is 0 Å². The Bertz CT molecular complexity index is 860. The number of hydrogen-bond acceptors (Lipinski definition) is 5. The predicted molar refractivity (Wildman–Crippen MR) is 92.7 cm³/mol. The van der Waals surface area contributed by atoms with Gasteiger partial charge in [-0.25, -0.2) is 0 Å². The van der Waals surface area contributed by atoms with Crippen molar-refractivity contribution in [3.63, 3.8) is 0 Å². The molecule has 0 saturated carbocycles. The average molecular weight is 335 g/mol. The maximum Gasteiger partial charge on any atom is 0.231 e. The van der Waals surface area contributed by atoms with Gasteiger partial charge in [-0.1, -0.05) is 12.1 Å². The van der Waals surface area contributed by atoms with Crippen molar-refractivity contribution in [3.8, 4) is 23.3 Å². The zero-order valence-corrected chi connectivity index (χ0v) is 14.0. The number of nitrogens with zero attached hydrogens (tertiary/aromatic N) is 1. The van der Waals surface area contributed by atoms with E-state index < -0.39 is 0 Å². The second-order valence-electron chi connectivity index (χ2n) is 5.80. The largest absolute Gasteiger partial charge is 0.491 e. The Labute approximate surface area is 146 Å². The van der Waals surface area contributed by atoms with E-state index in [1.807, 2.05) is 44.2 Å². The van der Waals surface area contributed by atoms with Crippen LogP contribution in [0.25, 0.3) is 6.08 Å². The molecule has 3 rings (SSSR count). The Morgan fingerprint density at radius 1 is 1.16 bits per heavy atom. The molecular formula is C20H17NO4. The third-order valence-electron chi connectivity index (χ3n) is 3.56. The molecular weight excluding hydrogens is 318 g/mol. The van der Waals surface area contributed by atoms with E-state index in [0.717, 1.165) is 11.3 Å².